The fraction of sp³-hybridized carbons (Fsp3) is 0.0833. The van der Waals surface area contributed by atoms with Crippen molar-refractivity contribution in [1.29, 1.82) is 0 Å². The normalized spacial score (nSPS) is 11.0. The molecule has 0 saturated carbocycles. The molecule has 0 unspecified atom stereocenters. The van der Waals surface area contributed by atoms with Crippen LogP contribution in [0.3, 0.4) is 0 Å². The molecule has 0 bridgehead atoms. The molecule has 0 atom stereocenters. The Balaban J connectivity index is 2.26. The monoisotopic (exact) mass is 352 g/mol. The van der Waals surface area contributed by atoms with Crippen molar-refractivity contribution in [3.05, 3.63) is 40.1 Å². The lowest BCUT2D eigenvalue weighted by atomic mass is 10.3. The van der Waals surface area contributed by atoms with Crippen LogP contribution in [0, 0.1) is 0 Å². The molecule has 4 nitrogen and oxygen atoms in total. The molecule has 96 valence electrons. The zero-order chi connectivity index (χ0) is 13.4. The predicted molar refractivity (Wildman–Crippen MR) is 84.9 cm³/mol. The van der Waals surface area contributed by atoms with Crippen molar-refractivity contribution < 1.29 is 0 Å². The molecule has 0 saturated heterocycles. The third kappa shape index (κ3) is 2.41. The smallest absolute Gasteiger partial charge is 0.196 e. The zero-order valence-corrected chi connectivity index (χ0v) is 12.9. The molecule has 2 aromatic heterocycles. The van der Waals surface area contributed by atoms with Crippen molar-refractivity contribution in [2.24, 2.45) is 5.73 Å². The quantitative estimate of drug-likeness (QED) is 0.736. The predicted octanol–water partition coefficient (Wildman–Crippen LogP) is 3.07. The highest BCUT2D eigenvalue weighted by Crippen LogP contribution is 2.25. The molecule has 0 aliphatic carbocycles. The second kappa shape index (κ2) is 4.99. The van der Waals surface area contributed by atoms with Gasteiger partial charge in [-0.1, -0.05) is 24.4 Å². The van der Waals surface area contributed by atoms with Crippen LogP contribution in [0.5, 0.6) is 0 Å². The molecule has 7 heteroatoms. The largest absolute Gasteiger partial charge is 0.393 e. The minimum Gasteiger partial charge on any atom is -0.393 e. The zero-order valence-electron chi connectivity index (χ0n) is 9.71. The van der Waals surface area contributed by atoms with Crippen molar-refractivity contribution in [3.63, 3.8) is 0 Å². The van der Waals surface area contributed by atoms with Crippen LogP contribution < -0.4 is 5.73 Å². The Morgan fingerprint density at radius 3 is 2.84 bits per heavy atom. The molecule has 2 N–H and O–H groups in total. The topological polar surface area (TPSA) is 56.7 Å². The summed E-state index contributed by atoms with van der Waals surface area (Å²) in [6.45, 7) is 0. The van der Waals surface area contributed by atoms with Gasteiger partial charge in [0.15, 0.2) is 5.13 Å². The van der Waals surface area contributed by atoms with Crippen LogP contribution in [-0.4, -0.2) is 19.5 Å². The second-order valence-corrected chi connectivity index (χ2v) is 6.12. The first kappa shape index (κ1) is 12.7. The van der Waals surface area contributed by atoms with Gasteiger partial charge in [-0.05, 0) is 28.1 Å². The molecule has 0 radical (unpaired) electrons. The highest BCUT2D eigenvalue weighted by Gasteiger charge is 2.15. The lowest BCUT2D eigenvalue weighted by Crippen LogP contribution is -2.14. The average molecular weight is 353 g/mol. The molecular weight excluding hydrogens is 344 g/mol. The summed E-state index contributed by atoms with van der Waals surface area (Å²) >= 11 is 9.91. The Labute approximate surface area is 127 Å². The Morgan fingerprint density at radius 2 is 2.16 bits per heavy atom. The fourth-order valence-electron chi connectivity index (χ4n) is 1.91. The van der Waals surface area contributed by atoms with E-state index in [0.717, 1.165) is 26.6 Å². The Hall–Kier alpha value is -1.31. The van der Waals surface area contributed by atoms with Crippen molar-refractivity contribution in [1.82, 2.24) is 14.5 Å². The van der Waals surface area contributed by atoms with Crippen LogP contribution in [0.15, 0.2) is 34.2 Å². The summed E-state index contributed by atoms with van der Waals surface area (Å²) in [6.07, 6.45) is 0.460. The summed E-state index contributed by atoms with van der Waals surface area (Å²) < 4.78 is 2.82. The van der Waals surface area contributed by atoms with Gasteiger partial charge in [-0.15, -0.1) is 11.3 Å². The van der Waals surface area contributed by atoms with Gasteiger partial charge in [0, 0.05) is 5.38 Å². The number of benzene rings is 1. The second-order valence-electron chi connectivity index (χ2n) is 3.95. The van der Waals surface area contributed by atoms with E-state index >= 15 is 0 Å². The summed E-state index contributed by atoms with van der Waals surface area (Å²) in [5.74, 6) is 0.815. The third-order valence-electron chi connectivity index (χ3n) is 2.62. The van der Waals surface area contributed by atoms with Crippen LogP contribution in [0.1, 0.15) is 5.82 Å². The summed E-state index contributed by atoms with van der Waals surface area (Å²) in [7, 11) is 0. The van der Waals surface area contributed by atoms with E-state index in [2.05, 4.69) is 25.9 Å². The molecule has 19 heavy (non-hydrogen) atoms. The van der Waals surface area contributed by atoms with Crippen LogP contribution in [0.4, 0.5) is 0 Å². The summed E-state index contributed by atoms with van der Waals surface area (Å²) in [4.78, 5) is 9.45. The van der Waals surface area contributed by atoms with Crippen molar-refractivity contribution in [2.75, 3.05) is 0 Å². The van der Waals surface area contributed by atoms with Gasteiger partial charge in [0.05, 0.1) is 22.4 Å². The van der Waals surface area contributed by atoms with Gasteiger partial charge in [0.1, 0.15) is 10.4 Å². The maximum atomic E-state index is 5.65. The van der Waals surface area contributed by atoms with E-state index in [9.17, 15) is 0 Å². The van der Waals surface area contributed by atoms with Gasteiger partial charge in [-0.3, -0.25) is 4.57 Å². The fourth-order valence-corrected chi connectivity index (χ4v) is 3.32. The van der Waals surface area contributed by atoms with Crippen molar-refractivity contribution in [3.8, 4) is 5.13 Å². The van der Waals surface area contributed by atoms with E-state index in [1.807, 2.05) is 34.2 Å². The molecule has 2 heterocycles. The molecule has 3 rings (SSSR count). The number of halogens is 1. The molecule has 0 aliphatic rings. The standard InChI is InChI=1S/C12H9BrN4S2/c13-9-6-19-12(16-9)17-8-4-2-1-3-7(8)15-11(17)5-10(14)18/h1-4,6H,5H2,(H2,14,18). The van der Waals surface area contributed by atoms with E-state index in [1.165, 1.54) is 0 Å². The lowest BCUT2D eigenvalue weighted by Gasteiger charge is -2.04. The van der Waals surface area contributed by atoms with Crippen LogP contribution in [0.25, 0.3) is 16.2 Å². The number of para-hydroxylation sites is 2. The van der Waals surface area contributed by atoms with Gasteiger partial charge in [-0.2, -0.15) is 0 Å². The van der Waals surface area contributed by atoms with Gasteiger partial charge in [-0.25, -0.2) is 9.97 Å². The van der Waals surface area contributed by atoms with Crippen LogP contribution >= 0.6 is 39.5 Å². The number of fused-ring (bicyclic) bond motifs is 1. The number of imidazole rings is 1. The van der Waals surface area contributed by atoms with Crippen LogP contribution in [0.2, 0.25) is 0 Å². The van der Waals surface area contributed by atoms with E-state index in [4.69, 9.17) is 18.0 Å². The SMILES string of the molecule is NC(=S)Cc1nc2ccccc2n1-c1nc(Br)cs1. The summed E-state index contributed by atoms with van der Waals surface area (Å²) in [5, 5.41) is 2.79. The van der Waals surface area contributed by atoms with E-state index < -0.39 is 0 Å². The number of hydrogen-bond acceptors (Lipinski definition) is 4. The van der Waals surface area contributed by atoms with Gasteiger partial charge < -0.3 is 5.73 Å². The highest BCUT2D eigenvalue weighted by atomic mass is 79.9. The Kier molecular flexibility index (Phi) is 3.34. The Bertz CT molecular complexity index is 762. The number of thiocarbonyl (C=S) groups is 1. The molecule has 0 spiro atoms. The molecule has 1 aromatic carbocycles. The number of nitrogens with two attached hydrogens (primary N) is 1. The number of thiazole rings is 1. The first-order valence-electron chi connectivity index (χ1n) is 5.51. The molecule has 0 aliphatic heterocycles. The molecule has 0 fully saturated rings. The minimum atomic E-state index is 0.423. The maximum absolute atomic E-state index is 5.65. The molecule has 0 amide bonds. The average Bonchev–Trinajstić information content (AvgIpc) is 2.91. The number of hydrogen-bond donors (Lipinski definition) is 1. The molecular formula is C12H9BrN4S2. The summed E-state index contributed by atoms with van der Waals surface area (Å²) in [6, 6.07) is 7.92. The van der Waals surface area contributed by atoms with Crippen LogP contribution in [-0.2, 0) is 6.42 Å². The number of aromatic nitrogens is 3. The maximum Gasteiger partial charge on any atom is 0.196 e. The van der Waals surface area contributed by atoms with Gasteiger partial charge in [0.25, 0.3) is 0 Å². The van der Waals surface area contributed by atoms with Crippen molar-refractivity contribution >= 4 is 55.5 Å². The minimum absolute atomic E-state index is 0.423. The third-order valence-corrected chi connectivity index (χ3v) is 4.30. The first-order chi connectivity index (χ1) is 9.15. The lowest BCUT2D eigenvalue weighted by molar-refractivity contribution is 0.952. The summed E-state index contributed by atoms with van der Waals surface area (Å²) in [5.41, 5.74) is 7.58. The number of rotatable bonds is 3. The Morgan fingerprint density at radius 1 is 1.37 bits per heavy atom. The van der Waals surface area contributed by atoms with Gasteiger partial charge >= 0.3 is 0 Å². The van der Waals surface area contributed by atoms with Crippen molar-refractivity contribution in [2.45, 2.75) is 6.42 Å². The number of nitrogens with zero attached hydrogens (tertiary/aromatic N) is 3. The molecule has 3 aromatic rings. The van der Waals surface area contributed by atoms with Gasteiger partial charge in [0.2, 0.25) is 0 Å². The highest BCUT2D eigenvalue weighted by molar-refractivity contribution is 9.10. The van der Waals surface area contributed by atoms with E-state index in [0.29, 0.717) is 11.4 Å². The van der Waals surface area contributed by atoms with E-state index in [1.54, 1.807) is 11.3 Å². The first-order valence-corrected chi connectivity index (χ1v) is 7.59. The van der Waals surface area contributed by atoms with E-state index in [-0.39, 0.29) is 0 Å².